The van der Waals surface area contributed by atoms with Crippen LogP contribution in [0.5, 0.6) is 0 Å². The molecular weight excluding hydrogens is 369 g/mol. The van der Waals surface area contributed by atoms with Crippen molar-refractivity contribution < 1.29 is 27.1 Å². The van der Waals surface area contributed by atoms with Crippen LogP contribution in [0, 0.1) is 11.6 Å². The zero-order chi connectivity index (χ0) is 15.1. The molecule has 1 heterocycles. The van der Waals surface area contributed by atoms with Gasteiger partial charge in [-0.1, -0.05) is 15.9 Å². The van der Waals surface area contributed by atoms with Crippen molar-refractivity contribution in [3.05, 3.63) is 49.9 Å². The highest BCUT2D eigenvalue weighted by molar-refractivity contribution is 9.10. The van der Waals surface area contributed by atoms with Gasteiger partial charge in [0.25, 0.3) is 0 Å². The Morgan fingerprint density at radius 1 is 1.20 bits per heavy atom. The minimum Gasteiger partial charge on any atom is -0.383 e. The molecule has 108 valence electrons. The smallest absolute Gasteiger partial charge is 0.383 e. The summed E-state index contributed by atoms with van der Waals surface area (Å²) in [4.78, 5) is 2.80. The lowest BCUT2D eigenvalue weighted by Crippen LogP contribution is -2.05. The largest absolute Gasteiger partial charge is 0.443 e. The van der Waals surface area contributed by atoms with Crippen molar-refractivity contribution in [2.75, 3.05) is 0 Å². The Kier molecular flexibility index (Phi) is 4.12. The maximum Gasteiger partial charge on any atom is 0.443 e. The van der Waals surface area contributed by atoms with E-state index in [0.717, 1.165) is 18.3 Å². The lowest BCUT2D eigenvalue weighted by Gasteiger charge is -2.11. The third-order valence-corrected chi connectivity index (χ3v) is 3.91. The molecule has 1 atom stereocenters. The first-order chi connectivity index (χ1) is 9.20. The van der Waals surface area contributed by atoms with Gasteiger partial charge in [0.1, 0.15) is 17.7 Å². The zero-order valence-corrected chi connectivity index (χ0v) is 11.8. The number of aliphatic hydroxyl groups is 1. The molecule has 0 aliphatic rings. The van der Waals surface area contributed by atoms with Gasteiger partial charge in [0, 0.05) is 10.7 Å². The summed E-state index contributed by atoms with van der Waals surface area (Å²) >= 11 is 3.00. The van der Waals surface area contributed by atoms with Crippen LogP contribution in [0.2, 0.25) is 0 Å². The molecule has 20 heavy (non-hydrogen) atoms. The minimum atomic E-state index is -4.67. The van der Waals surface area contributed by atoms with E-state index in [4.69, 9.17) is 0 Å². The molecule has 0 amide bonds. The number of hydrogen-bond donors (Lipinski definition) is 1. The Hall–Kier alpha value is -1.06. The summed E-state index contributed by atoms with van der Waals surface area (Å²) in [6, 6.07) is 1.82. The predicted octanol–water partition coefficient (Wildman–Crippen LogP) is 4.28. The van der Waals surface area contributed by atoms with Crippen molar-refractivity contribution in [2.24, 2.45) is 0 Å². The van der Waals surface area contributed by atoms with Crippen molar-refractivity contribution in [1.29, 1.82) is 0 Å². The Morgan fingerprint density at radius 3 is 2.20 bits per heavy atom. The molecule has 1 aromatic heterocycles. The molecule has 0 aliphatic heterocycles. The van der Waals surface area contributed by atoms with Crippen LogP contribution in [-0.2, 0) is 6.18 Å². The lowest BCUT2D eigenvalue weighted by molar-refractivity contribution is -0.137. The average molecular weight is 374 g/mol. The summed E-state index contributed by atoms with van der Waals surface area (Å²) in [5, 5.41) is 8.64. The second-order valence-corrected chi connectivity index (χ2v) is 5.73. The first-order valence-corrected chi connectivity index (χ1v) is 6.66. The first kappa shape index (κ1) is 15.3. The molecule has 2 aromatic rings. The van der Waals surface area contributed by atoms with Crippen molar-refractivity contribution in [3.8, 4) is 0 Å². The van der Waals surface area contributed by atoms with Gasteiger partial charge in [0.05, 0.1) is 10.4 Å². The molecule has 0 saturated heterocycles. The second kappa shape index (κ2) is 5.38. The van der Waals surface area contributed by atoms with E-state index in [-0.39, 0.29) is 20.7 Å². The molecular formula is C11H5BrF5NOS. The van der Waals surface area contributed by atoms with Gasteiger partial charge in [-0.3, -0.25) is 0 Å². The molecule has 0 fully saturated rings. The standard InChI is InChI=1S/C11H5BrF5NOS/c12-4-1-5(13)8(6(14)2-4)9(19)7-3-18-10(20-7)11(15,16)17/h1-3,9,19H. The zero-order valence-electron chi connectivity index (χ0n) is 9.38. The Labute approximate surface area is 122 Å². The third-order valence-electron chi connectivity index (χ3n) is 2.35. The van der Waals surface area contributed by atoms with E-state index >= 15 is 0 Å². The third kappa shape index (κ3) is 2.99. The molecule has 0 saturated carbocycles. The SMILES string of the molecule is OC(c1cnc(C(F)(F)F)s1)c1c(F)cc(Br)cc1F. The summed E-state index contributed by atoms with van der Waals surface area (Å²) in [7, 11) is 0. The predicted molar refractivity (Wildman–Crippen MR) is 65.2 cm³/mol. The van der Waals surface area contributed by atoms with E-state index in [1.807, 2.05) is 0 Å². The van der Waals surface area contributed by atoms with Crippen LogP contribution in [0.4, 0.5) is 22.0 Å². The number of halogens is 6. The summed E-state index contributed by atoms with van der Waals surface area (Å²) < 4.78 is 64.5. The molecule has 0 radical (unpaired) electrons. The van der Waals surface area contributed by atoms with Crippen LogP contribution in [0.15, 0.2) is 22.8 Å². The normalized spacial score (nSPS) is 13.6. The second-order valence-electron chi connectivity index (χ2n) is 3.75. The number of thiazole rings is 1. The maximum absolute atomic E-state index is 13.6. The number of aliphatic hydroxyl groups excluding tert-OH is 1. The number of rotatable bonds is 2. The highest BCUT2D eigenvalue weighted by Gasteiger charge is 2.35. The molecule has 0 bridgehead atoms. The van der Waals surface area contributed by atoms with E-state index in [9.17, 15) is 27.1 Å². The van der Waals surface area contributed by atoms with Crippen LogP contribution in [0.3, 0.4) is 0 Å². The number of nitrogens with zero attached hydrogens (tertiary/aromatic N) is 1. The fourth-order valence-electron chi connectivity index (χ4n) is 1.50. The fourth-order valence-corrected chi connectivity index (χ4v) is 2.68. The molecule has 9 heteroatoms. The summed E-state index contributed by atoms with van der Waals surface area (Å²) in [6.07, 6.45) is -5.77. The van der Waals surface area contributed by atoms with Gasteiger partial charge in [-0.15, -0.1) is 11.3 Å². The van der Waals surface area contributed by atoms with Crippen LogP contribution < -0.4 is 0 Å². The Morgan fingerprint density at radius 2 is 1.75 bits per heavy atom. The molecule has 1 unspecified atom stereocenters. The quantitative estimate of drug-likeness (QED) is 0.796. The van der Waals surface area contributed by atoms with Gasteiger partial charge < -0.3 is 5.11 Å². The van der Waals surface area contributed by atoms with Gasteiger partial charge >= 0.3 is 6.18 Å². The summed E-state index contributed by atoms with van der Waals surface area (Å²) in [5.74, 6) is -2.13. The van der Waals surface area contributed by atoms with Crippen molar-refractivity contribution in [2.45, 2.75) is 12.3 Å². The molecule has 0 spiro atoms. The van der Waals surface area contributed by atoms with E-state index in [1.54, 1.807) is 0 Å². The van der Waals surface area contributed by atoms with Crippen LogP contribution in [-0.4, -0.2) is 10.1 Å². The van der Waals surface area contributed by atoms with Gasteiger partial charge in [0.2, 0.25) is 0 Å². The fraction of sp³-hybridized carbons (Fsp3) is 0.182. The molecule has 1 N–H and O–H groups in total. The van der Waals surface area contributed by atoms with E-state index in [1.165, 1.54) is 0 Å². The highest BCUT2D eigenvalue weighted by Crippen LogP contribution is 2.37. The summed E-state index contributed by atoms with van der Waals surface area (Å²) in [5.41, 5.74) is -0.717. The number of alkyl halides is 3. The van der Waals surface area contributed by atoms with Crippen molar-refractivity contribution >= 4 is 27.3 Å². The van der Waals surface area contributed by atoms with Crippen LogP contribution in [0.25, 0.3) is 0 Å². The van der Waals surface area contributed by atoms with E-state index in [0.29, 0.717) is 0 Å². The maximum atomic E-state index is 13.6. The lowest BCUT2D eigenvalue weighted by atomic mass is 10.1. The summed E-state index contributed by atoms with van der Waals surface area (Å²) in [6.45, 7) is 0. The topological polar surface area (TPSA) is 33.1 Å². The highest BCUT2D eigenvalue weighted by atomic mass is 79.9. The van der Waals surface area contributed by atoms with Gasteiger partial charge in [-0.25, -0.2) is 13.8 Å². The average Bonchev–Trinajstić information content (AvgIpc) is 2.75. The number of benzene rings is 1. The first-order valence-electron chi connectivity index (χ1n) is 5.05. The van der Waals surface area contributed by atoms with Crippen molar-refractivity contribution in [3.63, 3.8) is 0 Å². The van der Waals surface area contributed by atoms with Crippen molar-refractivity contribution in [1.82, 2.24) is 4.98 Å². The molecule has 0 aliphatic carbocycles. The molecule has 1 aromatic carbocycles. The number of aromatic nitrogens is 1. The Balaban J connectivity index is 2.42. The molecule has 2 rings (SSSR count). The Bertz CT molecular complexity index is 619. The van der Waals surface area contributed by atoms with Crippen LogP contribution >= 0.6 is 27.3 Å². The van der Waals surface area contributed by atoms with E-state index in [2.05, 4.69) is 20.9 Å². The van der Waals surface area contributed by atoms with Gasteiger partial charge in [0.15, 0.2) is 5.01 Å². The number of hydrogen-bond acceptors (Lipinski definition) is 3. The molecule has 2 nitrogen and oxygen atoms in total. The van der Waals surface area contributed by atoms with E-state index < -0.39 is 34.5 Å². The van der Waals surface area contributed by atoms with Gasteiger partial charge in [-0.05, 0) is 12.1 Å². The van der Waals surface area contributed by atoms with Crippen LogP contribution in [0.1, 0.15) is 21.6 Å². The monoisotopic (exact) mass is 373 g/mol. The van der Waals surface area contributed by atoms with Gasteiger partial charge in [-0.2, -0.15) is 13.2 Å². The minimum absolute atomic E-state index is 0.115.